The molecule has 0 amide bonds. The van der Waals surface area contributed by atoms with Gasteiger partial charge in [-0.05, 0) is 19.4 Å². The number of unbranched alkanes of at least 4 members (excludes halogenated alkanes) is 1. The normalized spacial score (nSPS) is 11.4. The minimum Gasteiger partial charge on any atom is -0.495 e. The molecule has 1 aromatic carbocycles. The van der Waals surface area contributed by atoms with Crippen LogP contribution in [0.4, 0.5) is 0 Å². The summed E-state index contributed by atoms with van der Waals surface area (Å²) in [7, 11) is 1.64. The molecule has 0 unspecified atom stereocenters. The summed E-state index contributed by atoms with van der Waals surface area (Å²) in [6, 6.07) is 8.15. The fourth-order valence-electron chi connectivity index (χ4n) is 2.84. The van der Waals surface area contributed by atoms with Crippen molar-refractivity contribution >= 4 is 32.3 Å². The second-order valence-corrected chi connectivity index (χ2v) is 6.45. The Bertz CT molecular complexity index is 860. The lowest BCUT2D eigenvalue weighted by atomic mass is 10.1. The summed E-state index contributed by atoms with van der Waals surface area (Å²) >= 11 is 1.64. The molecule has 0 aliphatic heterocycles. The number of aromatic nitrogens is 1. The van der Waals surface area contributed by atoms with Crippen LogP contribution in [0.5, 0.6) is 5.75 Å². The van der Waals surface area contributed by atoms with E-state index >= 15 is 0 Å². The van der Waals surface area contributed by atoms with Gasteiger partial charge in [0.25, 0.3) is 5.56 Å². The van der Waals surface area contributed by atoms with Gasteiger partial charge in [-0.25, -0.2) is 0 Å². The van der Waals surface area contributed by atoms with Gasteiger partial charge in [0.15, 0.2) is 0 Å². The summed E-state index contributed by atoms with van der Waals surface area (Å²) < 4.78 is 8.42. The van der Waals surface area contributed by atoms with Gasteiger partial charge in [0.05, 0.1) is 17.3 Å². The number of fused-ring (bicyclic) bond motifs is 3. The van der Waals surface area contributed by atoms with Gasteiger partial charge in [0.1, 0.15) is 11.1 Å². The fourth-order valence-corrected chi connectivity index (χ4v) is 3.99. The molecule has 3 nitrogen and oxygen atoms in total. The number of pyridine rings is 1. The molecule has 0 N–H and O–H groups in total. The summed E-state index contributed by atoms with van der Waals surface area (Å²) in [4.78, 5) is 14.0. The van der Waals surface area contributed by atoms with Gasteiger partial charge in [-0.2, -0.15) is 0 Å². The molecule has 0 radical (unpaired) electrons. The standard InChI is InChI=1S/C17H19NO2S/c1-4-5-10-18-13-9-7-6-8-12(13)16-14(17(18)19)15(20-3)11(2)21-16/h6-9H,4-5,10H2,1-3H3. The maximum absolute atomic E-state index is 12.9. The molecule has 4 heteroatoms. The number of thiophene rings is 1. The van der Waals surface area contributed by atoms with Gasteiger partial charge in [-0.3, -0.25) is 4.79 Å². The quantitative estimate of drug-likeness (QED) is 0.718. The van der Waals surface area contributed by atoms with Crippen molar-refractivity contribution in [3.05, 3.63) is 39.5 Å². The Balaban J connectivity index is 2.48. The van der Waals surface area contributed by atoms with E-state index in [9.17, 15) is 4.79 Å². The molecule has 21 heavy (non-hydrogen) atoms. The third-order valence-electron chi connectivity index (χ3n) is 3.87. The largest absolute Gasteiger partial charge is 0.495 e. The van der Waals surface area contributed by atoms with E-state index in [0.717, 1.165) is 51.0 Å². The lowest BCUT2D eigenvalue weighted by Gasteiger charge is -2.11. The predicted molar refractivity (Wildman–Crippen MR) is 89.8 cm³/mol. The number of rotatable bonds is 4. The molecule has 0 bridgehead atoms. The molecule has 3 rings (SSSR count). The first-order valence-corrected chi connectivity index (χ1v) is 8.09. The molecule has 2 aromatic heterocycles. The van der Waals surface area contributed by atoms with E-state index in [1.165, 1.54) is 0 Å². The molecular weight excluding hydrogens is 282 g/mol. The molecule has 2 heterocycles. The van der Waals surface area contributed by atoms with Crippen molar-refractivity contribution in [2.45, 2.75) is 33.2 Å². The Morgan fingerprint density at radius 3 is 2.76 bits per heavy atom. The average Bonchev–Trinajstić information content (AvgIpc) is 2.84. The number of hydrogen-bond donors (Lipinski definition) is 0. The summed E-state index contributed by atoms with van der Waals surface area (Å²) in [5.41, 5.74) is 1.09. The highest BCUT2D eigenvalue weighted by atomic mass is 32.1. The monoisotopic (exact) mass is 301 g/mol. The second kappa shape index (κ2) is 5.53. The molecular formula is C17H19NO2S. The third-order valence-corrected chi connectivity index (χ3v) is 4.99. The van der Waals surface area contributed by atoms with E-state index in [4.69, 9.17) is 4.74 Å². The first-order valence-electron chi connectivity index (χ1n) is 7.27. The van der Waals surface area contributed by atoms with Crippen molar-refractivity contribution in [2.24, 2.45) is 0 Å². The number of para-hydroxylation sites is 1. The molecule has 0 aliphatic rings. The van der Waals surface area contributed by atoms with Crippen LogP contribution in [0.15, 0.2) is 29.1 Å². The molecule has 0 saturated heterocycles. The number of benzene rings is 1. The van der Waals surface area contributed by atoms with Crippen molar-refractivity contribution in [1.82, 2.24) is 4.57 Å². The van der Waals surface area contributed by atoms with Crippen LogP contribution in [0.3, 0.4) is 0 Å². The van der Waals surface area contributed by atoms with Crippen LogP contribution in [-0.4, -0.2) is 11.7 Å². The van der Waals surface area contributed by atoms with Crippen LogP contribution in [0.2, 0.25) is 0 Å². The van der Waals surface area contributed by atoms with Crippen molar-refractivity contribution in [3.63, 3.8) is 0 Å². The molecule has 0 fully saturated rings. The lowest BCUT2D eigenvalue weighted by molar-refractivity contribution is 0.418. The van der Waals surface area contributed by atoms with Gasteiger partial charge in [0, 0.05) is 16.8 Å². The number of methoxy groups -OCH3 is 1. The van der Waals surface area contributed by atoms with Crippen LogP contribution >= 0.6 is 11.3 Å². The smallest absolute Gasteiger partial charge is 0.263 e. The summed E-state index contributed by atoms with van der Waals surface area (Å²) in [6.07, 6.45) is 2.07. The minimum absolute atomic E-state index is 0.0679. The topological polar surface area (TPSA) is 31.2 Å². The van der Waals surface area contributed by atoms with Gasteiger partial charge >= 0.3 is 0 Å². The van der Waals surface area contributed by atoms with Crippen molar-refractivity contribution in [3.8, 4) is 5.75 Å². The Kier molecular flexibility index (Phi) is 3.72. The zero-order valence-electron chi connectivity index (χ0n) is 12.6. The number of aryl methyl sites for hydroxylation is 2. The van der Waals surface area contributed by atoms with Crippen LogP contribution < -0.4 is 10.3 Å². The van der Waals surface area contributed by atoms with Gasteiger partial charge in [-0.15, -0.1) is 11.3 Å². The fraction of sp³-hybridized carbons (Fsp3) is 0.353. The second-order valence-electron chi connectivity index (χ2n) is 5.22. The van der Waals surface area contributed by atoms with Crippen molar-refractivity contribution in [1.29, 1.82) is 0 Å². The third kappa shape index (κ3) is 2.14. The zero-order chi connectivity index (χ0) is 15.0. The SMILES string of the molecule is CCCCn1c(=O)c2c(OC)c(C)sc2c2ccccc21. The Morgan fingerprint density at radius 1 is 1.29 bits per heavy atom. The molecule has 3 aromatic rings. The van der Waals surface area contributed by atoms with Crippen LogP contribution in [-0.2, 0) is 6.54 Å². The summed E-state index contributed by atoms with van der Waals surface area (Å²) in [6.45, 7) is 4.90. The Hall–Kier alpha value is -1.81. The summed E-state index contributed by atoms with van der Waals surface area (Å²) in [5, 5.41) is 1.87. The van der Waals surface area contributed by atoms with Crippen LogP contribution in [0, 0.1) is 6.92 Å². The van der Waals surface area contributed by atoms with Crippen LogP contribution in [0.25, 0.3) is 21.0 Å². The molecule has 0 atom stereocenters. The van der Waals surface area contributed by atoms with E-state index < -0.39 is 0 Å². The van der Waals surface area contributed by atoms with E-state index in [2.05, 4.69) is 13.0 Å². The van der Waals surface area contributed by atoms with Gasteiger partial charge < -0.3 is 9.30 Å². The average molecular weight is 301 g/mol. The highest BCUT2D eigenvalue weighted by molar-refractivity contribution is 7.20. The van der Waals surface area contributed by atoms with Crippen LogP contribution in [0.1, 0.15) is 24.6 Å². The van der Waals surface area contributed by atoms with E-state index in [1.807, 2.05) is 29.7 Å². The molecule has 0 aliphatic carbocycles. The number of ether oxygens (including phenoxy) is 1. The predicted octanol–water partition coefficient (Wildman–Crippen LogP) is 4.33. The minimum atomic E-state index is 0.0679. The highest BCUT2D eigenvalue weighted by Crippen LogP contribution is 2.38. The summed E-state index contributed by atoms with van der Waals surface area (Å²) in [5.74, 6) is 0.732. The molecule has 110 valence electrons. The molecule has 0 saturated carbocycles. The van der Waals surface area contributed by atoms with E-state index in [-0.39, 0.29) is 5.56 Å². The lowest BCUT2D eigenvalue weighted by Crippen LogP contribution is -2.20. The first kappa shape index (κ1) is 14.1. The van der Waals surface area contributed by atoms with Crippen molar-refractivity contribution < 1.29 is 4.74 Å². The van der Waals surface area contributed by atoms with E-state index in [0.29, 0.717) is 0 Å². The molecule has 0 spiro atoms. The van der Waals surface area contributed by atoms with Crippen molar-refractivity contribution in [2.75, 3.05) is 7.11 Å². The van der Waals surface area contributed by atoms with Gasteiger partial charge in [-0.1, -0.05) is 31.5 Å². The Morgan fingerprint density at radius 2 is 2.05 bits per heavy atom. The Labute approximate surface area is 127 Å². The number of hydrogen-bond acceptors (Lipinski definition) is 3. The first-order chi connectivity index (χ1) is 10.2. The zero-order valence-corrected chi connectivity index (χ0v) is 13.4. The van der Waals surface area contributed by atoms with Gasteiger partial charge in [0.2, 0.25) is 0 Å². The number of nitrogens with zero attached hydrogens (tertiary/aromatic N) is 1. The maximum Gasteiger partial charge on any atom is 0.263 e. The van der Waals surface area contributed by atoms with E-state index in [1.54, 1.807) is 18.4 Å². The maximum atomic E-state index is 12.9. The highest BCUT2D eigenvalue weighted by Gasteiger charge is 2.18.